The van der Waals surface area contributed by atoms with E-state index < -0.39 is 5.82 Å². The molecule has 3 nitrogen and oxygen atoms in total. The SMILES string of the molecule is CN(CCOc1ccccc1F)C(=O)/C=C/c1ccccc1. The predicted octanol–water partition coefficient (Wildman–Crippen LogP) is 3.38. The molecule has 4 heteroatoms. The van der Waals surface area contributed by atoms with Crippen molar-refractivity contribution in [3.05, 3.63) is 72.1 Å². The van der Waals surface area contributed by atoms with Gasteiger partial charge in [0.2, 0.25) is 5.91 Å². The van der Waals surface area contributed by atoms with Gasteiger partial charge in [0.25, 0.3) is 0 Å². The minimum Gasteiger partial charge on any atom is -0.489 e. The highest BCUT2D eigenvalue weighted by atomic mass is 19.1. The van der Waals surface area contributed by atoms with Crippen molar-refractivity contribution >= 4 is 12.0 Å². The molecule has 0 aliphatic carbocycles. The summed E-state index contributed by atoms with van der Waals surface area (Å²) in [4.78, 5) is 13.5. The predicted molar refractivity (Wildman–Crippen MR) is 85.0 cm³/mol. The van der Waals surface area contributed by atoms with Crippen molar-refractivity contribution in [3.63, 3.8) is 0 Å². The van der Waals surface area contributed by atoms with Crippen LogP contribution in [0.2, 0.25) is 0 Å². The van der Waals surface area contributed by atoms with Crippen molar-refractivity contribution in [2.75, 3.05) is 20.2 Å². The van der Waals surface area contributed by atoms with Crippen LogP contribution in [-0.2, 0) is 4.79 Å². The van der Waals surface area contributed by atoms with Crippen molar-refractivity contribution < 1.29 is 13.9 Å². The van der Waals surface area contributed by atoms with Crippen LogP contribution in [-0.4, -0.2) is 31.0 Å². The summed E-state index contributed by atoms with van der Waals surface area (Å²) in [5.41, 5.74) is 0.965. The van der Waals surface area contributed by atoms with E-state index in [1.165, 1.54) is 17.0 Å². The van der Waals surface area contributed by atoms with Crippen LogP contribution in [0.4, 0.5) is 4.39 Å². The molecule has 0 saturated heterocycles. The van der Waals surface area contributed by atoms with Crippen LogP contribution in [0.25, 0.3) is 6.08 Å². The Hall–Kier alpha value is -2.62. The van der Waals surface area contributed by atoms with Crippen molar-refractivity contribution in [2.45, 2.75) is 0 Å². The third-order valence-corrected chi connectivity index (χ3v) is 3.12. The molecular formula is C18H18FNO2. The lowest BCUT2D eigenvalue weighted by Gasteiger charge is -2.15. The van der Waals surface area contributed by atoms with E-state index >= 15 is 0 Å². The Morgan fingerprint density at radius 3 is 2.55 bits per heavy atom. The molecule has 2 aromatic rings. The fraction of sp³-hybridized carbons (Fsp3) is 0.167. The van der Waals surface area contributed by atoms with Crippen LogP contribution in [0, 0.1) is 5.82 Å². The third kappa shape index (κ3) is 4.74. The first-order valence-electron chi connectivity index (χ1n) is 7.02. The number of nitrogens with zero attached hydrogens (tertiary/aromatic N) is 1. The van der Waals surface area contributed by atoms with Gasteiger partial charge in [-0.3, -0.25) is 4.79 Å². The lowest BCUT2D eigenvalue weighted by Crippen LogP contribution is -2.29. The van der Waals surface area contributed by atoms with E-state index in [-0.39, 0.29) is 18.3 Å². The van der Waals surface area contributed by atoms with Gasteiger partial charge in [-0.25, -0.2) is 4.39 Å². The van der Waals surface area contributed by atoms with E-state index in [4.69, 9.17) is 4.74 Å². The fourth-order valence-electron chi connectivity index (χ4n) is 1.82. The molecule has 0 aliphatic heterocycles. The average Bonchev–Trinajstić information content (AvgIpc) is 2.55. The highest BCUT2D eigenvalue weighted by Gasteiger charge is 2.06. The number of ether oxygens (including phenoxy) is 1. The number of likely N-dealkylation sites (N-methyl/N-ethyl adjacent to an activating group) is 1. The van der Waals surface area contributed by atoms with Crippen molar-refractivity contribution in [2.24, 2.45) is 0 Å². The molecule has 0 saturated carbocycles. The Morgan fingerprint density at radius 2 is 1.82 bits per heavy atom. The van der Waals surface area contributed by atoms with Gasteiger partial charge < -0.3 is 9.64 Å². The maximum Gasteiger partial charge on any atom is 0.246 e. The molecule has 0 heterocycles. The molecular weight excluding hydrogens is 281 g/mol. The minimum atomic E-state index is -0.402. The lowest BCUT2D eigenvalue weighted by molar-refractivity contribution is -0.125. The maximum atomic E-state index is 13.4. The molecule has 2 rings (SSSR count). The molecule has 114 valence electrons. The summed E-state index contributed by atoms with van der Waals surface area (Å²) in [6, 6.07) is 15.8. The standard InChI is InChI=1S/C18H18FNO2/c1-20(13-14-22-17-10-6-5-9-16(17)19)18(21)12-11-15-7-3-2-4-8-15/h2-12H,13-14H2,1H3/b12-11+. The zero-order valence-electron chi connectivity index (χ0n) is 12.4. The highest BCUT2D eigenvalue weighted by molar-refractivity contribution is 5.91. The van der Waals surface area contributed by atoms with Crippen LogP contribution in [0.1, 0.15) is 5.56 Å². The number of para-hydroxylation sites is 1. The second kappa shape index (κ2) is 7.98. The highest BCUT2D eigenvalue weighted by Crippen LogP contribution is 2.15. The number of halogens is 1. The molecule has 0 fully saturated rings. The summed E-state index contributed by atoms with van der Waals surface area (Å²) in [5, 5.41) is 0. The number of amides is 1. The van der Waals surface area contributed by atoms with Gasteiger partial charge in [-0.2, -0.15) is 0 Å². The van der Waals surface area contributed by atoms with Crippen LogP contribution in [0.3, 0.4) is 0 Å². The Labute approximate surface area is 129 Å². The Morgan fingerprint density at radius 1 is 1.14 bits per heavy atom. The quantitative estimate of drug-likeness (QED) is 0.765. The number of carbonyl (C=O) groups excluding carboxylic acids is 1. The van der Waals surface area contributed by atoms with Gasteiger partial charge >= 0.3 is 0 Å². The molecule has 0 aliphatic rings. The van der Waals surface area contributed by atoms with Crippen LogP contribution in [0.5, 0.6) is 5.75 Å². The Bertz CT molecular complexity index is 641. The summed E-state index contributed by atoms with van der Waals surface area (Å²) >= 11 is 0. The molecule has 22 heavy (non-hydrogen) atoms. The van der Waals surface area contributed by atoms with E-state index in [0.717, 1.165) is 5.56 Å². The molecule has 0 atom stereocenters. The van der Waals surface area contributed by atoms with E-state index in [1.807, 2.05) is 30.3 Å². The number of hydrogen-bond donors (Lipinski definition) is 0. The first-order chi connectivity index (χ1) is 10.7. The molecule has 0 bridgehead atoms. The maximum absolute atomic E-state index is 13.4. The van der Waals surface area contributed by atoms with Crippen molar-refractivity contribution in [3.8, 4) is 5.75 Å². The third-order valence-electron chi connectivity index (χ3n) is 3.12. The van der Waals surface area contributed by atoms with E-state index in [1.54, 1.807) is 31.3 Å². The molecule has 0 N–H and O–H groups in total. The van der Waals surface area contributed by atoms with Gasteiger partial charge in [-0.1, -0.05) is 42.5 Å². The van der Waals surface area contributed by atoms with Gasteiger partial charge in [0, 0.05) is 13.1 Å². The normalized spacial score (nSPS) is 10.6. The summed E-state index contributed by atoms with van der Waals surface area (Å²) in [6.07, 6.45) is 3.27. The van der Waals surface area contributed by atoms with Crippen molar-refractivity contribution in [1.82, 2.24) is 4.90 Å². The smallest absolute Gasteiger partial charge is 0.246 e. The van der Waals surface area contributed by atoms with Crippen LogP contribution in [0.15, 0.2) is 60.7 Å². The monoisotopic (exact) mass is 299 g/mol. The number of rotatable bonds is 6. The molecule has 0 unspecified atom stereocenters. The first-order valence-corrected chi connectivity index (χ1v) is 7.02. The average molecular weight is 299 g/mol. The van der Waals surface area contributed by atoms with E-state index in [2.05, 4.69) is 0 Å². The number of carbonyl (C=O) groups is 1. The minimum absolute atomic E-state index is 0.124. The summed E-state index contributed by atoms with van der Waals surface area (Å²) < 4.78 is 18.7. The zero-order valence-corrected chi connectivity index (χ0v) is 12.4. The second-order valence-electron chi connectivity index (χ2n) is 4.78. The number of hydrogen-bond acceptors (Lipinski definition) is 2. The van der Waals surface area contributed by atoms with Crippen LogP contribution >= 0.6 is 0 Å². The largest absolute Gasteiger partial charge is 0.489 e. The Kier molecular flexibility index (Phi) is 5.72. The zero-order chi connectivity index (χ0) is 15.8. The lowest BCUT2D eigenvalue weighted by atomic mass is 10.2. The second-order valence-corrected chi connectivity index (χ2v) is 4.78. The number of benzene rings is 2. The van der Waals surface area contributed by atoms with E-state index in [9.17, 15) is 9.18 Å². The summed E-state index contributed by atoms with van der Waals surface area (Å²) in [6.45, 7) is 0.620. The van der Waals surface area contributed by atoms with Gasteiger partial charge in [-0.05, 0) is 23.8 Å². The van der Waals surface area contributed by atoms with Crippen molar-refractivity contribution in [1.29, 1.82) is 0 Å². The van der Waals surface area contributed by atoms with Gasteiger partial charge in [0.15, 0.2) is 11.6 Å². The Balaban J connectivity index is 1.79. The first kappa shape index (κ1) is 15.8. The molecule has 0 aromatic heterocycles. The van der Waals surface area contributed by atoms with Gasteiger partial charge in [0.05, 0.1) is 6.54 Å². The van der Waals surface area contributed by atoms with Gasteiger partial charge in [0.1, 0.15) is 6.61 Å². The molecule has 2 aromatic carbocycles. The summed E-state index contributed by atoms with van der Waals surface area (Å²) in [7, 11) is 1.68. The fourth-order valence-corrected chi connectivity index (χ4v) is 1.82. The molecule has 0 spiro atoms. The molecule has 0 radical (unpaired) electrons. The summed E-state index contributed by atoms with van der Waals surface area (Å²) in [5.74, 6) is -0.329. The van der Waals surface area contributed by atoms with Crippen LogP contribution < -0.4 is 4.74 Å². The van der Waals surface area contributed by atoms with Gasteiger partial charge in [-0.15, -0.1) is 0 Å². The molecule has 1 amide bonds. The van der Waals surface area contributed by atoms with E-state index in [0.29, 0.717) is 6.54 Å². The topological polar surface area (TPSA) is 29.5 Å².